The molecule has 2 amide bonds. The number of carbonyl (C=O) groups excluding carboxylic acids is 4. The van der Waals surface area contributed by atoms with E-state index in [1.54, 1.807) is 26.8 Å². The van der Waals surface area contributed by atoms with Gasteiger partial charge in [-0.05, 0) is 38.8 Å². The Labute approximate surface area is 143 Å². The number of primary amides is 1. The molecule has 8 heteroatoms. The minimum absolute atomic E-state index is 0.0120. The molecule has 2 heterocycles. The van der Waals surface area contributed by atoms with Crippen molar-refractivity contribution in [2.75, 3.05) is 0 Å². The second-order valence-corrected chi connectivity index (χ2v) is 7.68. The van der Waals surface area contributed by atoms with Crippen LogP contribution in [0.3, 0.4) is 0 Å². The summed E-state index contributed by atoms with van der Waals surface area (Å²) in [4.78, 5) is 49.1. The van der Waals surface area contributed by atoms with Crippen LogP contribution in [0.2, 0.25) is 0 Å². The predicted molar refractivity (Wildman–Crippen MR) is 87.6 cm³/mol. The Kier molecular flexibility index (Phi) is 5.08. The third kappa shape index (κ3) is 4.00. The average molecular weight is 352 g/mol. The van der Waals surface area contributed by atoms with Crippen molar-refractivity contribution in [3.8, 4) is 0 Å². The molecule has 2 N–H and O–H groups in total. The summed E-state index contributed by atoms with van der Waals surface area (Å²) in [6.07, 6.45) is 0.780. The lowest BCUT2D eigenvalue weighted by molar-refractivity contribution is -0.155. The highest BCUT2D eigenvalue weighted by Crippen LogP contribution is 2.32. The number of nitrogens with two attached hydrogens (primary N) is 1. The van der Waals surface area contributed by atoms with Crippen LogP contribution >= 0.6 is 11.3 Å². The molecule has 0 saturated heterocycles. The molecule has 0 aliphatic carbocycles. The fraction of sp³-hybridized carbons (Fsp3) is 0.500. The van der Waals surface area contributed by atoms with Crippen molar-refractivity contribution >= 4 is 35.4 Å². The number of hydrogen-bond acceptors (Lipinski definition) is 6. The van der Waals surface area contributed by atoms with E-state index in [2.05, 4.69) is 0 Å². The van der Waals surface area contributed by atoms with Crippen molar-refractivity contribution in [3.63, 3.8) is 0 Å². The van der Waals surface area contributed by atoms with Gasteiger partial charge in [0.1, 0.15) is 11.6 Å². The van der Waals surface area contributed by atoms with Gasteiger partial charge in [0.25, 0.3) is 5.91 Å². The molecule has 0 bridgehead atoms. The van der Waals surface area contributed by atoms with Crippen molar-refractivity contribution in [3.05, 3.63) is 21.4 Å². The van der Waals surface area contributed by atoms with Gasteiger partial charge in [-0.25, -0.2) is 0 Å². The van der Waals surface area contributed by atoms with Crippen molar-refractivity contribution in [1.29, 1.82) is 0 Å². The molecular weight excluding hydrogens is 332 g/mol. The number of hydrogen-bond donors (Lipinski definition) is 1. The van der Waals surface area contributed by atoms with E-state index in [9.17, 15) is 19.2 Å². The third-order valence-corrected chi connectivity index (χ3v) is 4.58. The molecule has 1 aliphatic rings. The topological polar surface area (TPSA) is 107 Å². The molecule has 1 aromatic heterocycles. The Hall–Kier alpha value is -2.22. The van der Waals surface area contributed by atoms with Gasteiger partial charge in [-0.3, -0.25) is 19.2 Å². The maximum absolute atomic E-state index is 12.4. The molecule has 2 rings (SSSR count). The zero-order valence-electron chi connectivity index (χ0n) is 13.8. The number of carbonyl (C=O) groups is 4. The first-order valence-corrected chi connectivity index (χ1v) is 8.34. The van der Waals surface area contributed by atoms with E-state index in [1.807, 2.05) is 0 Å². The maximum Gasteiger partial charge on any atom is 0.306 e. The molecular formula is C16H20N2O5S. The monoisotopic (exact) mass is 352 g/mol. The summed E-state index contributed by atoms with van der Waals surface area (Å²) in [7, 11) is 0. The first kappa shape index (κ1) is 18.1. The highest BCUT2D eigenvalue weighted by molar-refractivity contribution is 7.15. The van der Waals surface area contributed by atoms with E-state index >= 15 is 0 Å². The van der Waals surface area contributed by atoms with Gasteiger partial charge in [0.15, 0.2) is 6.29 Å². The Balaban J connectivity index is 2.05. The highest BCUT2D eigenvalue weighted by Gasteiger charge is 2.37. The number of rotatable bonds is 6. The van der Waals surface area contributed by atoms with Crippen molar-refractivity contribution < 1.29 is 23.9 Å². The van der Waals surface area contributed by atoms with Gasteiger partial charge in [0.05, 0.1) is 9.75 Å². The van der Waals surface area contributed by atoms with Crippen LogP contribution in [0, 0.1) is 0 Å². The second-order valence-electron chi connectivity index (χ2n) is 6.60. The summed E-state index contributed by atoms with van der Waals surface area (Å²) in [6.45, 7) is 5.47. The van der Waals surface area contributed by atoms with Gasteiger partial charge in [0, 0.05) is 13.0 Å². The van der Waals surface area contributed by atoms with Crippen molar-refractivity contribution in [2.24, 2.45) is 5.73 Å². The fourth-order valence-corrected chi connectivity index (χ4v) is 3.49. The summed E-state index contributed by atoms with van der Waals surface area (Å²) in [5.41, 5.74) is 5.51. The van der Waals surface area contributed by atoms with E-state index < -0.39 is 23.5 Å². The van der Waals surface area contributed by atoms with Crippen LogP contribution in [0.15, 0.2) is 6.07 Å². The van der Waals surface area contributed by atoms with Gasteiger partial charge in [0.2, 0.25) is 5.91 Å². The molecule has 0 aromatic carbocycles. The summed E-state index contributed by atoms with van der Waals surface area (Å²) in [6, 6.07) is 0.751. The number of nitrogens with zero attached hydrogens (tertiary/aromatic N) is 1. The molecule has 1 atom stereocenters. The van der Waals surface area contributed by atoms with Crippen LogP contribution < -0.4 is 5.73 Å². The highest BCUT2D eigenvalue weighted by atomic mass is 32.1. The standard InChI is InChI=1S/C16H20N2O5S/c1-16(2,3)23-12(20)5-4-11(14(17)21)18-7-9-6-10(8-19)24-13(9)15(18)22/h6,8,11H,4-5,7H2,1-3H3,(H2,17,21)/t11-/m0/s1. The number of amides is 2. The zero-order valence-corrected chi connectivity index (χ0v) is 14.6. The van der Waals surface area contributed by atoms with E-state index in [0.717, 1.165) is 11.3 Å². The fourth-order valence-electron chi connectivity index (χ4n) is 2.54. The lowest BCUT2D eigenvalue weighted by Crippen LogP contribution is -2.45. The molecule has 1 aromatic rings. The molecule has 1 aliphatic heterocycles. The van der Waals surface area contributed by atoms with Crippen molar-refractivity contribution in [1.82, 2.24) is 4.90 Å². The summed E-state index contributed by atoms with van der Waals surface area (Å²) >= 11 is 1.09. The van der Waals surface area contributed by atoms with E-state index in [1.165, 1.54) is 4.90 Å². The van der Waals surface area contributed by atoms with Gasteiger partial charge < -0.3 is 15.4 Å². The minimum atomic E-state index is -0.885. The average Bonchev–Trinajstić information content (AvgIpc) is 2.97. The van der Waals surface area contributed by atoms with Crippen LogP contribution in [-0.2, 0) is 20.9 Å². The zero-order chi connectivity index (χ0) is 18.1. The molecule has 7 nitrogen and oxygen atoms in total. The minimum Gasteiger partial charge on any atom is -0.460 e. The van der Waals surface area contributed by atoms with Gasteiger partial charge >= 0.3 is 5.97 Å². The number of fused-ring (bicyclic) bond motifs is 1. The van der Waals surface area contributed by atoms with Crippen LogP contribution in [0.4, 0.5) is 0 Å². The molecule has 24 heavy (non-hydrogen) atoms. The number of aldehydes is 1. The largest absolute Gasteiger partial charge is 0.460 e. The molecule has 0 fully saturated rings. The number of ether oxygens (including phenoxy) is 1. The van der Waals surface area contributed by atoms with Crippen LogP contribution in [-0.4, -0.2) is 40.6 Å². The molecule has 130 valence electrons. The Morgan fingerprint density at radius 3 is 2.62 bits per heavy atom. The van der Waals surface area contributed by atoms with Gasteiger partial charge in [-0.15, -0.1) is 11.3 Å². The van der Waals surface area contributed by atoms with Crippen molar-refractivity contribution in [2.45, 2.75) is 51.8 Å². The van der Waals surface area contributed by atoms with Crippen LogP contribution in [0.5, 0.6) is 0 Å². The first-order valence-electron chi connectivity index (χ1n) is 7.52. The van der Waals surface area contributed by atoms with Gasteiger partial charge in [-0.2, -0.15) is 0 Å². The molecule has 0 saturated carbocycles. The number of esters is 1. The Morgan fingerprint density at radius 1 is 1.46 bits per heavy atom. The first-order chi connectivity index (χ1) is 11.1. The summed E-state index contributed by atoms with van der Waals surface area (Å²) in [5, 5.41) is 0. The van der Waals surface area contributed by atoms with E-state index in [-0.39, 0.29) is 25.3 Å². The Bertz CT molecular complexity index is 689. The lowest BCUT2D eigenvalue weighted by Gasteiger charge is -2.25. The number of thiophene rings is 1. The molecule has 0 spiro atoms. The summed E-state index contributed by atoms with van der Waals surface area (Å²) in [5.74, 6) is -1.45. The quantitative estimate of drug-likeness (QED) is 0.616. The third-order valence-electron chi connectivity index (χ3n) is 3.49. The second kappa shape index (κ2) is 6.72. The van der Waals surface area contributed by atoms with Crippen LogP contribution in [0.25, 0.3) is 0 Å². The smallest absolute Gasteiger partial charge is 0.306 e. The lowest BCUT2D eigenvalue weighted by atomic mass is 10.1. The maximum atomic E-state index is 12.4. The van der Waals surface area contributed by atoms with E-state index in [0.29, 0.717) is 21.6 Å². The molecule has 0 unspecified atom stereocenters. The van der Waals surface area contributed by atoms with Crippen LogP contribution in [0.1, 0.15) is 58.5 Å². The van der Waals surface area contributed by atoms with E-state index in [4.69, 9.17) is 10.5 Å². The molecule has 0 radical (unpaired) electrons. The normalized spacial score (nSPS) is 15.1. The summed E-state index contributed by atoms with van der Waals surface area (Å²) < 4.78 is 5.20. The van der Waals surface area contributed by atoms with Gasteiger partial charge in [-0.1, -0.05) is 0 Å². The Morgan fingerprint density at radius 2 is 2.12 bits per heavy atom. The SMILES string of the molecule is CC(C)(C)OC(=O)CC[C@@H](C(N)=O)N1Cc2cc(C=O)sc2C1=O. The predicted octanol–water partition coefficient (Wildman–Crippen LogP) is 1.49.